The number of pyridine rings is 1. The zero-order chi connectivity index (χ0) is 12.1. The average molecular weight is 228 g/mol. The molecule has 1 heterocycles. The third-order valence-corrected chi connectivity index (χ3v) is 2.70. The Kier molecular flexibility index (Phi) is 3.60. The fraction of sp³-hybridized carbons (Fsp3) is 0.214. The molecule has 0 unspecified atom stereocenters. The molecule has 2 rings (SSSR count). The molecule has 0 spiro atoms. The molecule has 3 nitrogen and oxygen atoms in total. The second-order valence-electron chi connectivity index (χ2n) is 3.89. The van der Waals surface area contributed by atoms with Crippen LogP contribution in [0.2, 0.25) is 0 Å². The molecule has 1 aromatic heterocycles. The number of aromatic nitrogens is 1. The number of hydrogen-bond donors (Lipinski definition) is 1. The van der Waals surface area contributed by atoms with Crippen molar-refractivity contribution in [3.05, 3.63) is 53.9 Å². The van der Waals surface area contributed by atoms with Crippen molar-refractivity contribution in [2.45, 2.75) is 13.5 Å². The maximum Gasteiger partial charge on any atom is 0.119 e. The largest absolute Gasteiger partial charge is 0.497 e. The van der Waals surface area contributed by atoms with Gasteiger partial charge in [-0.05, 0) is 42.3 Å². The van der Waals surface area contributed by atoms with Gasteiger partial charge in [0.25, 0.3) is 0 Å². The Hall–Kier alpha value is -2.03. The molecule has 1 N–H and O–H groups in total. The van der Waals surface area contributed by atoms with Crippen LogP contribution in [-0.2, 0) is 6.54 Å². The van der Waals surface area contributed by atoms with Crippen LogP contribution in [0.1, 0.15) is 11.1 Å². The van der Waals surface area contributed by atoms with Gasteiger partial charge < -0.3 is 10.1 Å². The molecule has 0 aliphatic rings. The van der Waals surface area contributed by atoms with Gasteiger partial charge in [0.2, 0.25) is 0 Å². The quantitative estimate of drug-likeness (QED) is 0.873. The van der Waals surface area contributed by atoms with Crippen molar-refractivity contribution in [2.24, 2.45) is 0 Å². The molecule has 88 valence electrons. The molecule has 3 heteroatoms. The minimum absolute atomic E-state index is 0.773. The van der Waals surface area contributed by atoms with Gasteiger partial charge in [-0.1, -0.05) is 6.07 Å². The topological polar surface area (TPSA) is 34.1 Å². The van der Waals surface area contributed by atoms with Gasteiger partial charge in [-0.15, -0.1) is 0 Å². The number of hydrogen-bond acceptors (Lipinski definition) is 3. The maximum atomic E-state index is 5.22. The molecule has 0 fully saturated rings. The molecule has 0 aliphatic carbocycles. The number of nitrogens with one attached hydrogen (secondary N) is 1. The normalized spacial score (nSPS) is 10.0. The van der Waals surface area contributed by atoms with Crippen LogP contribution in [0, 0.1) is 6.92 Å². The van der Waals surface area contributed by atoms with Gasteiger partial charge in [-0.2, -0.15) is 0 Å². The van der Waals surface area contributed by atoms with E-state index in [1.807, 2.05) is 24.4 Å². The number of rotatable bonds is 4. The average Bonchev–Trinajstić information content (AvgIpc) is 2.39. The molecule has 0 amide bonds. The lowest BCUT2D eigenvalue weighted by Gasteiger charge is -2.10. The van der Waals surface area contributed by atoms with E-state index in [0.717, 1.165) is 18.0 Å². The van der Waals surface area contributed by atoms with Crippen LogP contribution in [0.15, 0.2) is 42.7 Å². The van der Waals surface area contributed by atoms with E-state index in [0.29, 0.717) is 0 Å². The SMILES string of the molecule is COc1ccc(C)c(CNc2cccnc2)c1. The number of ether oxygens (including phenoxy) is 1. The standard InChI is InChI=1S/C14H16N2O/c1-11-5-6-14(17-2)8-12(11)9-16-13-4-3-7-15-10-13/h3-8,10,16H,9H2,1-2H3. The lowest BCUT2D eigenvalue weighted by Crippen LogP contribution is -2.01. The highest BCUT2D eigenvalue weighted by atomic mass is 16.5. The summed E-state index contributed by atoms with van der Waals surface area (Å²) in [6, 6.07) is 10.0. The van der Waals surface area contributed by atoms with Crippen LogP contribution >= 0.6 is 0 Å². The summed E-state index contributed by atoms with van der Waals surface area (Å²) in [4.78, 5) is 4.07. The first-order chi connectivity index (χ1) is 8.29. The van der Waals surface area contributed by atoms with Crippen LogP contribution < -0.4 is 10.1 Å². The second-order valence-corrected chi connectivity index (χ2v) is 3.89. The first-order valence-corrected chi connectivity index (χ1v) is 5.57. The predicted molar refractivity (Wildman–Crippen MR) is 69.3 cm³/mol. The van der Waals surface area contributed by atoms with Crippen LogP contribution in [0.5, 0.6) is 5.75 Å². The van der Waals surface area contributed by atoms with E-state index in [4.69, 9.17) is 4.74 Å². The fourth-order valence-electron chi connectivity index (χ4n) is 1.63. The monoisotopic (exact) mass is 228 g/mol. The summed E-state index contributed by atoms with van der Waals surface area (Å²) >= 11 is 0. The third-order valence-electron chi connectivity index (χ3n) is 2.70. The van der Waals surface area contributed by atoms with Crippen molar-refractivity contribution in [1.29, 1.82) is 0 Å². The summed E-state index contributed by atoms with van der Waals surface area (Å²) in [7, 11) is 1.68. The van der Waals surface area contributed by atoms with Crippen molar-refractivity contribution in [1.82, 2.24) is 4.98 Å². The van der Waals surface area contributed by atoms with Crippen LogP contribution in [0.3, 0.4) is 0 Å². The van der Waals surface area contributed by atoms with Crippen molar-refractivity contribution < 1.29 is 4.74 Å². The Labute approximate surface area is 101 Å². The summed E-state index contributed by atoms with van der Waals surface area (Å²) in [5, 5.41) is 3.34. The summed E-state index contributed by atoms with van der Waals surface area (Å²) in [5.41, 5.74) is 3.50. The van der Waals surface area contributed by atoms with Gasteiger partial charge in [0.05, 0.1) is 12.8 Å². The lowest BCUT2D eigenvalue weighted by molar-refractivity contribution is 0.414. The van der Waals surface area contributed by atoms with E-state index in [2.05, 4.69) is 29.4 Å². The van der Waals surface area contributed by atoms with Gasteiger partial charge in [-0.25, -0.2) is 0 Å². The Morgan fingerprint density at radius 2 is 2.18 bits per heavy atom. The zero-order valence-corrected chi connectivity index (χ0v) is 10.1. The van der Waals surface area contributed by atoms with Gasteiger partial charge >= 0.3 is 0 Å². The summed E-state index contributed by atoms with van der Waals surface area (Å²) < 4.78 is 5.22. The Bertz CT molecular complexity index is 483. The molecular formula is C14H16N2O. The smallest absolute Gasteiger partial charge is 0.119 e. The molecule has 0 saturated heterocycles. The van der Waals surface area contributed by atoms with Crippen LogP contribution in [0.25, 0.3) is 0 Å². The number of benzene rings is 1. The van der Waals surface area contributed by atoms with Gasteiger partial charge in [0.15, 0.2) is 0 Å². The van der Waals surface area contributed by atoms with E-state index < -0.39 is 0 Å². The molecule has 0 radical (unpaired) electrons. The van der Waals surface area contributed by atoms with E-state index in [9.17, 15) is 0 Å². The number of nitrogens with zero attached hydrogens (tertiary/aromatic N) is 1. The first kappa shape index (κ1) is 11.5. The summed E-state index contributed by atoms with van der Waals surface area (Å²) in [6.45, 7) is 2.87. The molecule has 1 aromatic carbocycles. The molecule has 0 bridgehead atoms. The van der Waals surface area contributed by atoms with Gasteiger partial charge in [0, 0.05) is 18.9 Å². The minimum atomic E-state index is 0.773. The van der Waals surface area contributed by atoms with Crippen molar-refractivity contribution in [2.75, 3.05) is 12.4 Å². The number of anilines is 1. The van der Waals surface area contributed by atoms with Crippen molar-refractivity contribution in [3.63, 3.8) is 0 Å². The number of aryl methyl sites for hydroxylation is 1. The Morgan fingerprint density at radius 1 is 1.29 bits per heavy atom. The van der Waals surface area contributed by atoms with E-state index in [1.54, 1.807) is 13.3 Å². The van der Waals surface area contributed by atoms with E-state index in [-0.39, 0.29) is 0 Å². The second kappa shape index (κ2) is 5.34. The van der Waals surface area contributed by atoms with Crippen LogP contribution in [-0.4, -0.2) is 12.1 Å². The summed E-state index contributed by atoms with van der Waals surface area (Å²) in [5.74, 6) is 0.888. The first-order valence-electron chi connectivity index (χ1n) is 5.57. The van der Waals surface area contributed by atoms with E-state index >= 15 is 0 Å². The third kappa shape index (κ3) is 2.97. The highest BCUT2D eigenvalue weighted by Gasteiger charge is 2.00. The minimum Gasteiger partial charge on any atom is -0.497 e. The van der Waals surface area contributed by atoms with Gasteiger partial charge in [0.1, 0.15) is 5.75 Å². The highest BCUT2D eigenvalue weighted by molar-refractivity contribution is 5.43. The highest BCUT2D eigenvalue weighted by Crippen LogP contribution is 2.18. The number of methoxy groups -OCH3 is 1. The van der Waals surface area contributed by atoms with E-state index in [1.165, 1.54) is 11.1 Å². The molecular weight excluding hydrogens is 212 g/mol. The predicted octanol–water partition coefficient (Wildman–Crippen LogP) is 3.01. The lowest BCUT2D eigenvalue weighted by atomic mass is 10.1. The fourth-order valence-corrected chi connectivity index (χ4v) is 1.63. The van der Waals surface area contributed by atoms with Gasteiger partial charge in [-0.3, -0.25) is 4.98 Å². The van der Waals surface area contributed by atoms with Crippen molar-refractivity contribution >= 4 is 5.69 Å². The van der Waals surface area contributed by atoms with Crippen LogP contribution in [0.4, 0.5) is 5.69 Å². The van der Waals surface area contributed by atoms with Crippen molar-refractivity contribution in [3.8, 4) is 5.75 Å². The molecule has 0 saturated carbocycles. The Morgan fingerprint density at radius 3 is 2.88 bits per heavy atom. The molecule has 0 atom stereocenters. The maximum absolute atomic E-state index is 5.22. The molecule has 2 aromatic rings. The molecule has 17 heavy (non-hydrogen) atoms. The Balaban J connectivity index is 2.08. The zero-order valence-electron chi connectivity index (χ0n) is 10.1. The summed E-state index contributed by atoms with van der Waals surface area (Å²) in [6.07, 6.45) is 3.58. The molecule has 0 aliphatic heterocycles.